The summed E-state index contributed by atoms with van der Waals surface area (Å²) in [6.07, 6.45) is 13.8. The number of allylic oxidation sites excluding steroid dienone is 1. The summed E-state index contributed by atoms with van der Waals surface area (Å²) in [7, 11) is 0. The molecule has 1 saturated carbocycles. The number of ether oxygens (including phenoxy) is 1. The molecule has 1 fully saturated rings. The van der Waals surface area contributed by atoms with E-state index in [1.54, 1.807) is 36.4 Å². The molecule has 0 amide bonds. The Balaban J connectivity index is 1.44. The van der Waals surface area contributed by atoms with Gasteiger partial charge in [0.25, 0.3) is 0 Å². The molecule has 0 saturated heterocycles. The quantitative estimate of drug-likeness (QED) is 0.196. The maximum atomic E-state index is 15.2. The molecule has 0 heterocycles. The van der Waals surface area contributed by atoms with Gasteiger partial charge in [-0.1, -0.05) is 75.9 Å². The van der Waals surface area contributed by atoms with E-state index in [1.807, 2.05) is 13.0 Å². The summed E-state index contributed by atoms with van der Waals surface area (Å²) in [5.74, 6) is -1.14. The van der Waals surface area contributed by atoms with E-state index in [2.05, 4.69) is 13.0 Å². The van der Waals surface area contributed by atoms with Crippen LogP contribution in [0.25, 0.3) is 22.3 Å². The van der Waals surface area contributed by atoms with Crippen LogP contribution in [0.1, 0.15) is 83.1 Å². The van der Waals surface area contributed by atoms with Crippen molar-refractivity contribution in [1.29, 1.82) is 0 Å². The summed E-state index contributed by atoms with van der Waals surface area (Å²) in [5, 5.41) is 0. The van der Waals surface area contributed by atoms with Gasteiger partial charge in [0.2, 0.25) is 5.82 Å². The van der Waals surface area contributed by atoms with Crippen molar-refractivity contribution in [3.63, 3.8) is 0 Å². The summed E-state index contributed by atoms with van der Waals surface area (Å²) in [6, 6.07) is 15.4. The van der Waals surface area contributed by atoms with Gasteiger partial charge in [-0.05, 0) is 84.9 Å². The van der Waals surface area contributed by atoms with Gasteiger partial charge in [0.1, 0.15) is 5.82 Å². The van der Waals surface area contributed by atoms with Crippen molar-refractivity contribution in [3.8, 4) is 28.0 Å². The van der Waals surface area contributed by atoms with Crippen LogP contribution in [0.2, 0.25) is 0 Å². The summed E-state index contributed by atoms with van der Waals surface area (Å²) in [6.45, 7) is 4.16. The first-order chi connectivity index (χ1) is 18.0. The Bertz CT molecular complexity index is 1190. The maximum absolute atomic E-state index is 15.2. The van der Waals surface area contributed by atoms with Crippen LogP contribution in [0.3, 0.4) is 0 Å². The SMILES string of the molecule is CC/C=C\Oc1ccc(-c2ccc(-c3ccc(C4CCC(CCCCC)CC4)cc3F)cc2)c(F)c1F. The Morgan fingerprint density at radius 1 is 0.784 bits per heavy atom. The van der Waals surface area contributed by atoms with Crippen LogP contribution in [0, 0.1) is 23.4 Å². The van der Waals surface area contributed by atoms with Crippen molar-refractivity contribution in [1.82, 2.24) is 0 Å². The summed E-state index contributed by atoms with van der Waals surface area (Å²) < 4.78 is 49.5. The molecule has 0 atom stereocenters. The fourth-order valence-electron chi connectivity index (χ4n) is 5.38. The largest absolute Gasteiger partial charge is 0.462 e. The highest BCUT2D eigenvalue weighted by Crippen LogP contribution is 2.39. The third-order valence-electron chi connectivity index (χ3n) is 7.61. The van der Waals surface area contributed by atoms with Gasteiger partial charge in [0, 0.05) is 11.1 Å². The highest BCUT2D eigenvalue weighted by atomic mass is 19.2. The van der Waals surface area contributed by atoms with E-state index in [-0.39, 0.29) is 17.1 Å². The number of unbranched alkanes of at least 4 members (excludes halogenated alkanes) is 2. The molecular weight excluding hydrogens is 469 g/mol. The number of benzene rings is 3. The molecule has 0 N–H and O–H groups in total. The van der Waals surface area contributed by atoms with Gasteiger partial charge in [-0.3, -0.25) is 0 Å². The maximum Gasteiger partial charge on any atom is 0.201 e. The molecule has 1 aliphatic carbocycles. The van der Waals surface area contributed by atoms with Crippen molar-refractivity contribution in [2.75, 3.05) is 0 Å². The number of halogens is 3. The lowest BCUT2D eigenvalue weighted by atomic mass is 9.77. The normalized spacial score (nSPS) is 17.9. The van der Waals surface area contributed by atoms with Crippen molar-refractivity contribution in [3.05, 3.63) is 90.0 Å². The fraction of sp³-hybridized carbons (Fsp3) is 0.394. The molecule has 1 aliphatic rings. The van der Waals surface area contributed by atoms with Gasteiger partial charge in [0.15, 0.2) is 11.6 Å². The highest BCUT2D eigenvalue weighted by molar-refractivity contribution is 5.71. The summed E-state index contributed by atoms with van der Waals surface area (Å²) in [5.41, 5.74) is 2.96. The van der Waals surface area contributed by atoms with E-state index >= 15 is 4.39 Å². The van der Waals surface area contributed by atoms with Crippen LogP contribution in [-0.2, 0) is 0 Å². The average Bonchev–Trinajstić information content (AvgIpc) is 2.92. The Hall–Kier alpha value is -3.01. The molecule has 0 aromatic heterocycles. The minimum absolute atomic E-state index is 0.136. The van der Waals surface area contributed by atoms with E-state index in [0.29, 0.717) is 22.6 Å². The number of rotatable bonds is 10. The molecule has 4 heteroatoms. The molecule has 0 radical (unpaired) electrons. The summed E-state index contributed by atoms with van der Waals surface area (Å²) >= 11 is 0. The molecule has 0 bridgehead atoms. The number of hydrogen-bond acceptors (Lipinski definition) is 1. The molecule has 196 valence electrons. The monoisotopic (exact) mass is 506 g/mol. The van der Waals surface area contributed by atoms with Crippen LogP contribution < -0.4 is 4.74 Å². The minimum Gasteiger partial charge on any atom is -0.462 e. The van der Waals surface area contributed by atoms with Gasteiger partial charge >= 0.3 is 0 Å². The van der Waals surface area contributed by atoms with E-state index in [9.17, 15) is 8.78 Å². The molecule has 3 aromatic carbocycles. The lowest BCUT2D eigenvalue weighted by Crippen LogP contribution is -2.13. The zero-order valence-corrected chi connectivity index (χ0v) is 21.9. The molecule has 0 aliphatic heterocycles. The van der Waals surface area contributed by atoms with Crippen molar-refractivity contribution in [2.45, 2.75) is 77.6 Å². The first-order valence-corrected chi connectivity index (χ1v) is 13.7. The van der Waals surface area contributed by atoms with Gasteiger partial charge in [-0.2, -0.15) is 4.39 Å². The number of hydrogen-bond donors (Lipinski definition) is 0. The third kappa shape index (κ3) is 6.66. The van der Waals surface area contributed by atoms with E-state index < -0.39 is 11.6 Å². The lowest BCUT2D eigenvalue weighted by molar-refractivity contribution is 0.302. The first-order valence-electron chi connectivity index (χ1n) is 13.7. The van der Waals surface area contributed by atoms with Gasteiger partial charge in [0.05, 0.1) is 6.26 Å². The predicted octanol–water partition coefficient (Wildman–Crippen LogP) is 10.6. The standard InChI is InChI=1S/C33H37F3O/c1-3-5-7-8-23-9-11-24(12-10-23)27-17-18-28(30(34)22-27)25-13-15-26(16-14-25)29-19-20-31(33(36)32(29)35)37-21-6-4-2/h6,13-24H,3-5,7-12H2,1-2H3/b21-6-. The fourth-order valence-corrected chi connectivity index (χ4v) is 5.38. The van der Waals surface area contributed by atoms with Crippen LogP contribution in [0.15, 0.2) is 66.9 Å². The van der Waals surface area contributed by atoms with Crippen LogP contribution in [0.5, 0.6) is 5.75 Å². The third-order valence-corrected chi connectivity index (χ3v) is 7.61. The van der Waals surface area contributed by atoms with Crippen molar-refractivity contribution in [2.24, 2.45) is 5.92 Å². The Morgan fingerprint density at radius 2 is 1.46 bits per heavy atom. The lowest BCUT2D eigenvalue weighted by Gasteiger charge is -2.29. The Morgan fingerprint density at radius 3 is 2.11 bits per heavy atom. The molecule has 1 nitrogen and oxygen atoms in total. The van der Waals surface area contributed by atoms with Crippen LogP contribution in [0.4, 0.5) is 13.2 Å². The first kappa shape index (κ1) is 27.0. The zero-order chi connectivity index (χ0) is 26.2. The average molecular weight is 507 g/mol. The van der Waals surface area contributed by atoms with Gasteiger partial charge in [-0.25, -0.2) is 8.78 Å². The van der Waals surface area contributed by atoms with Gasteiger partial charge in [-0.15, -0.1) is 0 Å². The molecule has 0 spiro atoms. The van der Waals surface area contributed by atoms with Gasteiger partial charge < -0.3 is 4.74 Å². The second-order valence-corrected chi connectivity index (χ2v) is 10.2. The van der Waals surface area contributed by atoms with Crippen molar-refractivity contribution >= 4 is 0 Å². The zero-order valence-electron chi connectivity index (χ0n) is 21.9. The molecule has 37 heavy (non-hydrogen) atoms. The Labute approximate surface area is 219 Å². The Kier molecular flexibility index (Phi) is 9.49. The molecule has 0 unspecified atom stereocenters. The second kappa shape index (κ2) is 13.0. The highest BCUT2D eigenvalue weighted by Gasteiger charge is 2.23. The molecule has 4 rings (SSSR count). The second-order valence-electron chi connectivity index (χ2n) is 10.2. The minimum atomic E-state index is -1.03. The van der Waals surface area contributed by atoms with E-state index in [1.165, 1.54) is 56.9 Å². The smallest absolute Gasteiger partial charge is 0.201 e. The predicted molar refractivity (Wildman–Crippen MR) is 146 cm³/mol. The van der Waals surface area contributed by atoms with Crippen LogP contribution in [-0.4, -0.2) is 0 Å². The van der Waals surface area contributed by atoms with Crippen LogP contribution >= 0.6 is 0 Å². The molecular formula is C33H37F3O. The van der Waals surface area contributed by atoms with E-state index in [0.717, 1.165) is 30.7 Å². The summed E-state index contributed by atoms with van der Waals surface area (Å²) in [4.78, 5) is 0. The van der Waals surface area contributed by atoms with Crippen molar-refractivity contribution < 1.29 is 17.9 Å². The topological polar surface area (TPSA) is 9.23 Å². The van der Waals surface area contributed by atoms with E-state index in [4.69, 9.17) is 4.74 Å². The molecule has 3 aromatic rings.